The molecule has 0 saturated heterocycles. The molecule has 0 aliphatic heterocycles. The molecule has 2 unspecified atom stereocenters. The number of hydrogen-bond donors (Lipinski definition) is 2. The van der Waals surface area contributed by atoms with E-state index in [0.29, 0.717) is 24.6 Å². The molecule has 1 aromatic heterocycles. The van der Waals surface area contributed by atoms with Gasteiger partial charge < -0.3 is 15.8 Å². The first-order chi connectivity index (χ1) is 8.67. The van der Waals surface area contributed by atoms with Gasteiger partial charge >= 0.3 is 6.01 Å². The summed E-state index contributed by atoms with van der Waals surface area (Å²) in [6, 6.07) is 0.735. The summed E-state index contributed by atoms with van der Waals surface area (Å²) < 4.78 is 5.38. The van der Waals surface area contributed by atoms with E-state index in [1.807, 2.05) is 6.92 Å². The minimum absolute atomic E-state index is 0.199. The Morgan fingerprint density at radius 2 is 2.17 bits per heavy atom. The monoisotopic (exact) mass is 251 g/mol. The van der Waals surface area contributed by atoms with Gasteiger partial charge in [0.2, 0.25) is 11.9 Å². The number of hydrogen-bond acceptors (Lipinski definition) is 6. The van der Waals surface area contributed by atoms with Gasteiger partial charge in [0.25, 0.3) is 0 Å². The molecular formula is C12H21N5O. The summed E-state index contributed by atoms with van der Waals surface area (Å²) in [5.41, 5.74) is 5.65. The van der Waals surface area contributed by atoms with E-state index in [2.05, 4.69) is 27.2 Å². The Morgan fingerprint density at radius 1 is 1.33 bits per heavy atom. The molecule has 1 saturated carbocycles. The van der Waals surface area contributed by atoms with Gasteiger partial charge in [-0.15, -0.1) is 0 Å². The molecule has 0 spiro atoms. The topological polar surface area (TPSA) is 86.0 Å². The summed E-state index contributed by atoms with van der Waals surface area (Å²) in [5.74, 6) is 1.48. The molecule has 1 fully saturated rings. The SMILES string of the molecule is CCCOc1nc(N)nc(NC2CCC(C)C2)n1. The first kappa shape index (κ1) is 12.9. The summed E-state index contributed by atoms with van der Waals surface area (Å²) >= 11 is 0. The maximum Gasteiger partial charge on any atom is 0.323 e. The van der Waals surface area contributed by atoms with Crippen molar-refractivity contribution in [3.05, 3.63) is 0 Å². The summed E-state index contributed by atoms with van der Waals surface area (Å²) in [6.45, 7) is 4.88. The average molecular weight is 251 g/mol. The first-order valence-corrected chi connectivity index (χ1v) is 6.58. The molecule has 0 bridgehead atoms. The van der Waals surface area contributed by atoms with Crippen LogP contribution in [-0.4, -0.2) is 27.6 Å². The zero-order valence-corrected chi connectivity index (χ0v) is 11.0. The highest BCUT2D eigenvalue weighted by Crippen LogP contribution is 2.26. The van der Waals surface area contributed by atoms with E-state index >= 15 is 0 Å². The fourth-order valence-electron chi connectivity index (χ4n) is 2.22. The Bertz CT molecular complexity index is 398. The first-order valence-electron chi connectivity index (χ1n) is 6.58. The molecule has 6 heteroatoms. The molecule has 1 heterocycles. The minimum Gasteiger partial charge on any atom is -0.463 e. The number of nitrogens with zero attached hydrogens (tertiary/aromatic N) is 3. The van der Waals surface area contributed by atoms with Gasteiger partial charge in [0.15, 0.2) is 0 Å². The molecule has 0 amide bonds. The molecule has 1 aliphatic rings. The Balaban J connectivity index is 2.00. The fraction of sp³-hybridized carbons (Fsp3) is 0.750. The van der Waals surface area contributed by atoms with Crippen LogP contribution in [0.5, 0.6) is 6.01 Å². The van der Waals surface area contributed by atoms with E-state index in [4.69, 9.17) is 10.5 Å². The van der Waals surface area contributed by atoms with Gasteiger partial charge in [-0.1, -0.05) is 13.8 Å². The van der Waals surface area contributed by atoms with Crippen molar-refractivity contribution in [3.63, 3.8) is 0 Å². The van der Waals surface area contributed by atoms with Crippen LogP contribution in [0.1, 0.15) is 39.5 Å². The quantitative estimate of drug-likeness (QED) is 0.830. The van der Waals surface area contributed by atoms with Crippen LogP contribution in [0, 0.1) is 5.92 Å². The smallest absolute Gasteiger partial charge is 0.323 e. The number of nitrogen functional groups attached to an aromatic ring is 1. The van der Waals surface area contributed by atoms with E-state index in [1.165, 1.54) is 6.42 Å². The van der Waals surface area contributed by atoms with E-state index in [1.54, 1.807) is 0 Å². The molecule has 0 aromatic carbocycles. The molecule has 18 heavy (non-hydrogen) atoms. The van der Waals surface area contributed by atoms with Crippen LogP contribution in [0.3, 0.4) is 0 Å². The van der Waals surface area contributed by atoms with Crippen LogP contribution in [0.4, 0.5) is 11.9 Å². The molecule has 2 atom stereocenters. The van der Waals surface area contributed by atoms with E-state index < -0.39 is 0 Å². The maximum atomic E-state index is 5.65. The van der Waals surface area contributed by atoms with Gasteiger partial charge in [-0.05, 0) is 31.6 Å². The zero-order valence-electron chi connectivity index (χ0n) is 11.0. The second kappa shape index (κ2) is 5.84. The molecule has 1 aromatic rings. The third-order valence-electron chi connectivity index (χ3n) is 3.10. The van der Waals surface area contributed by atoms with Crippen LogP contribution < -0.4 is 15.8 Å². The standard InChI is InChI=1S/C12H21N5O/c1-3-6-18-12-16-10(13)15-11(17-12)14-9-5-4-8(2)7-9/h8-9H,3-7H2,1-2H3,(H3,13,14,15,16,17). The van der Waals surface area contributed by atoms with E-state index in [9.17, 15) is 0 Å². The Hall–Kier alpha value is -1.59. The van der Waals surface area contributed by atoms with Crippen molar-refractivity contribution in [1.82, 2.24) is 15.0 Å². The number of nitrogens with one attached hydrogen (secondary N) is 1. The largest absolute Gasteiger partial charge is 0.463 e. The predicted octanol–water partition coefficient (Wildman–Crippen LogP) is 1.84. The Kier molecular flexibility index (Phi) is 4.17. The minimum atomic E-state index is 0.199. The highest BCUT2D eigenvalue weighted by atomic mass is 16.5. The van der Waals surface area contributed by atoms with Crippen molar-refractivity contribution in [1.29, 1.82) is 0 Å². The number of rotatable bonds is 5. The third kappa shape index (κ3) is 3.45. The highest BCUT2D eigenvalue weighted by molar-refractivity contribution is 5.33. The molecule has 1 aliphatic carbocycles. The lowest BCUT2D eigenvalue weighted by Crippen LogP contribution is -2.18. The van der Waals surface area contributed by atoms with Crippen molar-refractivity contribution >= 4 is 11.9 Å². The second-order valence-electron chi connectivity index (χ2n) is 4.91. The lowest BCUT2D eigenvalue weighted by atomic mass is 10.1. The molecule has 100 valence electrons. The van der Waals surface area contributed by atoms with Gasteiger partial charge in [-0.3, -0.25) is 0 Å². The van der Waals surface area contributed by atoms with Crippen LogP contribution in [0.15, 0.2) is 0 Å². The van der Waals surface area contributed by atoms with Gasteiger partial charge in [0.1, 0.15) is 0 Å². The highest BCUT2D eigenvalue weighted by Gasteiger charge is 2.22. The molecule has 6 nitrogen and oxygen atoms in total. The van der Waals surface area contributed by atoms with Gasteiger partial charge in [0, 0.05) is 6.04 Å². The maximum absolute atomic E-state index is 5.65. The summed E-state index contributed by atoms with van der Waals surface area (Å²) in [5, 5.41) is 3.31. The molecular weight excluding hydrogens is 230 g/mol. The van der Waals surface area contributed by atoms with Gasteiger partial charge in [-0.25, -0.2) is 0 Å². The predicted molar refractivity (Wildman–Crippen MR) is 70.5 cm³/mol. The number of aromatic nitrogens is 3. The van der Waals surface area contributed by atoms with Crippen molar-refractivity contribution < 1.29 is 4.74 Å². The van der Waals surface area contributed by atoms with Crippen LogP contribution in [0.25, 0.3) is 0 Å². The van der Waals surface area contributed by atoms with E-state index in [-0.39, 0.29) is 5.95 Å². The van der Waals surface area contributed by atoms with Crippen molar-refractivity contribution in [2.75, 3.05) is 17.7 Å². The van der Waals surface area contributed by atoms with Crippen molar-refractivity contribution in [2.45, 2.75) is 45.6 Å². The van der Waals surface area contributed by atoms with Gasteiger partial charge in [-0.2, -0.15) is 15.0 Å². The number of anilines is 2. The summed E-state index contributed by atoms with van der Waals surface area (Å²) in [7, 11) is 0. The third-order valence-corrected chi connectivity index (χ3v) is 3.10. The Morgan fingerprint density at radius 3 is 2.83 bits per heavy atom. The average Bonchev–Trinajstić information content (AvgIpc) is 2.71. The fourth-order valence-corrected chi connectivity index (χ4v) is 2.22. The number of nitrogens with two attached hydrogens (primary N) is 1. The zero-order chi connectivity index (χ0) is 13.0. The Labute approximate surface area is 107 Å². The van der Waals surface area contributed by atoms with Crippen LogP contribution in [0.2, 0.25) is 0 Å². The van der Waals surface area contributed by atoms with Gasteiger partial charge in [0.05, 0.1) is 6.61 Å². The lowest BCUT2D eigenvalue weighted by Gasteiger charge is -2.13. The van der Waals surface area contributed by atoms with E-state index in [0.717, 1.165) is 25.2 Å². The summed E-state index contributed by atoms with van der Waals surface area (Å²) in [6.07, 6.45) is 4.46. The summed E-state index contributed by atoms with van der Waals surface area (Å²) in [4.78, 5) is 12.3. The molecule has 0 radical (unpaired) electrons. The molecule has 2 rings (SSSR count). The number of ether oxygens (including phenoxy) is 1. The molecule has 3 N–H and O–H groups in total. The van der Waals surface area contributed by atoms with Crippen molar-refractivity contribution in [3.8, 4) is 6.01 Å². The van der Waals surface area contributed by atoms with Crippen LogP contribution in [-0.2, 0) is 0 Å². The van der Waals surface area contributed by atoms with Crippen LogP contribution >= 0.6 is 0 Å². The second-order valence-corrected chi connectivity index (χ2v) is 4.91. The lowest BCUT2D eigenvalue weighted by molar-refractivity contribution is 0.292. The van der Waals surface area contributed by atoms with Crippen molar-refractivity contribution in [2.24, 2.45) is 5.92 Å². The normalized spacial score (nSPS) is 23.0.